The van der Waals surface area contributed by atoms with Gasteiger partial charge in [-0.3, -0.25) is 15.1 Å². The standard InChI is InChI=1S/C26H34F3N5O/c1-4-22-19-11-9-18(33(22)25(35)15(2)13-16-5-7-17(27)8-6-16)10-12-20(19)23-14-21(24(28)29)30-26-31-32(3)34(23)26/h5-8,13-14,18-22,24,26,30-31H,4,9-12H2,1-3H3/b15-13+/t18-,19-,20+,21?,22?,26?/m1/s1. The fraction of sp³-hybridized carbons (Fsp3) is 0.577. The second kappa shape index (κ2) is 9.59. The van der Waals surface area contributed by atoms with Crippen molar-refractivity contribution < 1.29 is 18.0 Å². The number of alkyl halides is 2. The topological polar surface area (TPSA) is 50.9 Å². The molecule has 0 radical (unpaired) electrons. The van der Waals surface area contributed by atoms with Gasteiger partial charge in [-0.2, -0.15) is 5.12 Å². The molecule has 0 spiro atoms. The smallest absolute Gasteiger partial charge is 0.257 e. The first-order valence-electron chi connectivity index (χ1n) is 12.6. The van der Waals surface area contributed by atoms with Crippen LogP contribution in [0.4, 0.5) is 13.2 Å². The molecule has 2 N–H and O–H groups in total. The van der Waals surface area contributed by atoms with Crippen LogP contribution in [0.15, 0.2) is 41.6 Å². The highest BCUT2D eigenvalue weighted by molar-refractivity contribution is 5.97. The zero-order chi connectivity index (χ0) is 24.9. The van der Waals surface area contributed by atoms with Crippen LogP contribution in [0.1, 0.15) is 51.5 Å². The van der Waals surface area contributed by atoms with Gasteiger partial charge in [-0.05, 0) is 74.8 Å². The van der Waals surface area contributed by atoms with Crippen LogP contribution >= 0.6 is 0 Å². The predicted molar refractivity (Wildman–Crippen MR) is 128 cm³/mol. The van der Waals surface area contributed by atoms with Gasteiger partial charge in [-0.1, -0.05) is 19.1 Å². The van der Waals surface area contributed by atoms with Gasteiger partial charge in [-0.15, -0.1) is 0 Å². The Morgan fingerprint density at radius 2 is 1.89 bits per heavy atom. The Kier molecular flexibility index (Phi) is 6.67. The number of nitrogens with one attached hydrogen (secondary N) is 2. The minimum atomic E-state index is -2.48. The number of benzene rings is 1. The lowest BCUT2D eigenvalue weighted by Gasteiger charge is -2.57. The molecule has 6 atom stereocenters. The summed E-state index contributed by atoms with van der Waals surface area (Å²) in [5.41, 5.74) is 5.49. The highest BCUT2D eigenvalue weighted by Gasteiger charge is 2.51. The van der Waals surface area contributed by atoms with Crippen molar-refractivity contribution in [2.45, 2.75) is 76.8 Å². The molecule has 5 aliphatic rings. The summed E-state index contributed by atoms with van der Waals surface area (Å²) in [6.45, 7) is 3.93. The molecule has 4 fully saturated rings. The first kappa shape index (κ1) is 24.3. The number of nitrogens with zero attached hydrogens (tertiary/aromatic N) is 3. The lowest BCUT2D eigenvalue weighted by Crippen LogP contribution is -2.79. The van der Waals surface area contributed by atoms with Crippen molar-refractivity contribution in [3.05, 3.63) is 53.0 Å². The van der Waals surface area contributed by atoms with E-state index in [1.807, 2.05) is 30.2 Å². The van der Waals surface area contributed by atoms with Gasteiger partial charge in [0.15, 0.2) is 6.29 Å². The molecule has 1 saturated carbocycles. The average molecular weight is 490 g/mol. The van der Waals surface area contributed by atoms with Crippen molar-refractivity contribution >= 4 is 12.0 Å². The van der Waals surface area contributed by atoms with E-state index >= 15 is 0 Å². The molecule has 6 nitrogen and oxygen atoms in total. The molecule has 1 aliphatic carbocycles. The number of piperidine rings is 1. The number of hydrogen-bond donors (Lipinski definition) is 2. The van der Waals surface area contributed by atoms with Crippen LogP contribution in [0.25, 0.3) is 6.08 Å². The first-order chi connectivity index (χ1) is 16.8. The van der Waals surface area contributed by atoms with Gasteiger partial charge in [0.25, 0.3) is 6.43 Å². The van der Waals surface area contributed by atoms with Gasteiger partial charge in [0, 0.05) is 36.3 Å². The maximum absolute atomic E-state index is 13.7. The Hall–Kier alpha value is -2.36. The monoisotopic (exact) mass is 489 g/mol. The van der Waals surface area contributed by atoms with Gasteiger partial charge in [0.05, 0.1) is 6.04 Å². The summed E-state index contributed by atoms with van der Waals surface area (Å²) in [6, 6.07) is 5.32. The van der Waals surface area contributed by atoms with Gasteiger partial charge in [0.1, 0.15) is 5.82 Å². The van der Waals surface area contributed by atoms with Crippen LogP contribution in [0.3, 0.4) is 0 Å². The van der Waals surface area contributed by atoms with E-state index in [1.54, 1.807) is 18.2 Å². The normalized spacial score (nSPS) is 33.3. The Balaban J connectivity index is 1.43. The van der Waals surface area contributed by atoms with Crippen LogP contribution in [-0.4, -0.2) is 58.8 Å². The Morgan fingerprint density at radius 1 is 1.17 bits per heavy atom. The molecular weight excluding hydrogens is 455 g/mol. The van der Waals surface area contributed by atoms with Crippen molar-refractivity contribution in [1.82, 2.24) is 25.8 Å². The maximum atomic E-state index is 13.7. The van der Waals surface area contributed by atoms with Crippen molar-refractivity contribution in [2.24, 2.45) is 11.8 Å². The van der Waals surface area contributed by atoms with Gasteiger partial charge < -0.3 is 4.90 Å². The minimum absolute atomic E-state index is 0.0156. The van der Waals surface area contributed by atoms with Crippen molar-refractivity contribution in [2.75, 3.05) is 7.05 Å². The molecule has 35 heavy (non-hydrogen) atoms. The maximum Gasteiger partial charge on any atom is 0.257 e. The van der Waals surface area contributed by atoms with Crippen LogP contribution in [-0.2, 0) is 4.79 Å². The molecule has 4 heterocycles. The van der Waals surface area contributed by atoms with E-state index in [0.29, 0.717) is 5.57 Å². The molecule has 1 aromatic rings. The Morgan fingerprint density at radius 3 is 2.54 bits per heavy atom. The fourth-order valence-electron chi connectivity index (χ4n) is 6.56. The van der Waals surface area contributed by atoms with E-state index in [2.05, 4.69) is 22.6 Å². The second-order valence-electron chi connectivity index (χ2n) is 10.2. The third-order valence-corrected chi connectivity index (χ3v) is 8.14. The van der Waals surface area contributed by atoms with Crippen LogP contribution in [0.5, 0.6) is 0 Å². The molecule has 6 rings (SSSR count). The van der Waals surface area contributed by atoms with Crippen molar-refractivity contribution in [3.63, 3.8) is 0 Å². The SMILES string of the molecule is CCC1[C@@H]2CC[C@H](CC[C@@H]2C2=CC(C(F)F)NC3NN(C)N23)N1C(=O)/C(C)=C/c1ccc(F)cc1. The number of amides is 1. The molecule has 190 valence electrons. The number of rotatable bonds is 5. The highest BCUT2D eigenvalue weighted by Crippen LogP contribution is 2.47. The lowest BCUT2D eigenvalue weighted by molar-refractivity contribution is -0.219. The molecule has 0 aromatic heterocycles. The molecule has 4 aliphatic heterocycles. The first-order valence-corrected chi connectivity index (χ1v) is 12.6. The van der Waals surface area contributed by atoms with E-state index in [-0.39, 0.29) is 41.9 Å². The zero-order valence-electron chi connectivity index (χ0n) is 20.4. The summed E-state index contributed by atoms with van der Waals surface area (Å²) in [5.74, 6) is 0.0275. The quantitative estimate of drug-likeness (QED) is 0.610. The number of fused-ring (bicyclic) bond motifs is 5. The molecule has 3 unspecified atom stereocenters. The van der Waals surface area contributed by atoms with Crippen LogP contribution < -0.4 is 10.7 Å². The van der Waals surface area contributed by atoms with E-state index in [0.717, 1.165) is 43.4 Å². The molecule has 3 saturated heterocycles. The van der Waals surface area contributed by atoms with Crippen LogP contribution in [0, 0.1) is 17.7 Å². The Labute approximate surface area is 204 Å². The third kappa shape index (κ3) is 4.38. The summed E-state index contributed by atoms with van der Waals surface area (Å²) in [5, 5.41) is 6.85. The predicted octanol–water partition coefficient (Wildman–Crippen LogP) is 4.10. The van der Waals surface area contributed by atoms with E-state index in [1.165, 1.54) is 12.1 Å². The number of hydrazine groups is 2. The van der Waals surface area contributed by atoms with E-state index < -0.39 is 12.5 Å². The Bertz CT molecular complexity index is 1010. The van der Waals surface area contributed by atoms with Gasteiger partial charge in [-0.25, -0.2) is 18.6 Å². The number of carbonyl (C=O) groups excluding carboxylic acids is 1. The summed E-state index contributed by atoms with van der Waals surface area (Å²) < 4.78 is 40.7. The summed E-state index contributed by atoms with van der Waals surface area (Å²) in [6.07, 6.45) is 5.15. The van der Waals surface area contributed by atoms with E-state index in [9.17, 15) is 18.0 Å². The van der Waals surface area contributed by atoms with Crippen molar-refractivity contribution in [3.8, 4) is 0 Å². The fourth-order valence-corrected chi connectivity index (χ4v) is 6.56. The number of carbonyl (C=O) groups is 1. The number of allylic oxidation sites excluding steroid dienone is 1. The third-order valence-electron chi connectivity index (χ3n) is 8.14. The second-order valence-corrected chi connectivity index (χ2v) is 10.2. The minimum Gasteiger partial charge on any atom is -0.333 e. The lowest BCUT2D eigenvalue weighted by atomic mass is 9.76. The average Bonchev–Trinajstić information content (AvgIpc) is 3.13. The zero-order valence-corrected chi connectivity index (χ0v) is 20.4. The van der Waals surface area contributed by atoms with Gasteiger partial charge in [0.2, 0.25) is 5.91 Å². The molecule has 9 heteroatoms. The van der Waals surface area contributed by atoms with Gasteiger partial charge >= 0.3 is 0 Å². The summed E-state index contributed by atoms with van der Waals surface area (Å²) in [4.78, 5) is 15.8. The molecular formula is C26H34F3N5O. The molecule has 1 amide bonds. The largest absolute Gasteiger partial charge is 0.333 e. The van der Waals surface area contributed by atoms with Crippen molar-refractivity contribution in [1.29, 1.82) is 0 Å². The molecule has 1 aromatic carbocycles. The number of halogens is 3. The van der Waals surface area contributed by atoms with E-state index in [4.69, 9.17) is 0 Å². The van der Waals surface area contributed by atoms with Crippen LogP contribution in [0.2, 0.25) is 0 Å². The summed E-state index contributed by atoms with van der Waals surface area (Å²) in [7, 11) is 1.89. The number of hydrogen-bond acceptors (Lipinski definition) is 5. The molecule has 2 bridgehead atoms. The highest BCUT2D eigenvalue weighted by atomic mass is 19.3. The summed E-state index contributed by atoms with van der Waals surface area (Å²) >= 11 is 0.